The molecule has 3 heteroatoms. The maximum absolute atomic E-state index is 13.5. The number of halogens is 1. The number of rotatable bonds is 8. The highest BCUT2D eigenvalue weighted by atomic mass is 19.1. The molecule has 0 aliphatic rings. The van der Waals surface area contributed by atoms with Crippen LogP contribution >= 0.6 is 0 Å². The lowest BCUT2D eigenvalue weighted by Crippen LogP contribution is -2.29. The molecule has 1 N–H and O–H groups in total. The van der Waals surface area contributed by atoms with Gasteiger partial charge in [-0.15, -0.1) is 0 Å². The molecule has 0 saturated heterocycles. The zero-order valence-corrected chi connectivity index (χ0v) is 11.6. The quantitative estimate of drug-likeness (QED) is 0.714. The SMILES string of the molecule is CCCCCNCC(C)Oc1cc(C)ccc1F. The molecule has 1 aromatic carbocycles. The molecule has 0 radical (unpaired) electrons. The predicted octanol–water partition coefficient (Wildman–Crippen LogP) is 3.68. The molecule has 1 aromatic rings. The topological polar surface area (TPSA) is 21.3 Å². The highest BCUT2D eigenvalue weighted by Gasteiger charge is 2.08. The van der Waals surface area contributed by atoms with Gasteiger partial charge in [0, 0.05) is 6.54 Å². The van der Waals surface area contributed by atoms with Gasteiger partial charge in [-0.05, 0) is 44.5 Å². The average Bonchev–Trinajstić information content (AvgIpc) is 2.33. The Labute approximate surface area is 110 Å². The van der Waals surface area contributed by atoms with Gasteiger partial charge in [-0.1, -0.05) is 25.8 Å². The van der Waals surface area contributed by atoms with E-state index in [1.807, 2.05) is 13.8 Å². The molecule has 0 fully saturated rings. The van der Waals surface area contributed by atoms with Crippen molar-refractivity contribution >= 4 is 0 Å². The number of ether oxygens (including phenoxy) is 1. The Morgan fingerprint density at radius 1 is 1.33 bits per heavy atom. The van der Waals surface area contributed by atoms with Crippen molar-refractivity contribution in [2.24, 2.45) is 0 Å². The van der Waals surface area contributed by atoms with Crippen molar-refractivity contribution in [3.63, 3.8) is 0 Å². The van der Waals surface area contributed by atoms with Gasteiger partial charge >= 0.3 is 0 Å². The van der Waals surface area contributed by atoms with Crippen LogP contribution in [-0.4, -0.2) is 19.2 Å². The monoisotopic (exact) mass is 253 g/mol. The van der Waals surface area contributed by atoms with Crippen LogP contribution in [0.4, 0.5) is 4.39 Å². The van der Waals surface area contributed by atoms with Crippen LogP contribution < -0.4 is 10.1 Å². The van der Waals surface area contributed by atoms with Crippen LogP contribution in [0.25, 0.3) is 0 Å². The number of nitrogens with one attached hydrogen (secondary N) is 1. The van der Waals surface area contributed by atoms with Crippen molar-refractivity contribution in [3.05, 3.63) is 29.6 Å². The lowest BCUT2D eigenvalue weighted by Gasteiger charge is -2.16. The summed E-state index contributed by atoms with van der Waals surface area (Å²) in [6, 6.07) is 4.94. The minimum absolute atomic E-state index is 0.0251. The van der Waals surface area contributed by atoms with E-state index in [9.17, 15) is 4.39 Å². The molecule has 0 spiro atoms. The van der Waals surface area contributed by atoms with E-state index in [1.165, 1.54) is 25.3 Å². The molecule has 0 aliphatic heterocycles. The summed E-state index contributed by atoms with van der Waals surface area (Å²) >= 11 is 0. The fourth-order valence-corrected chi connectivity index (χ4v) is 1.76. The van der Waals surface area contributed by atoms with Gasteiger partial charge < -0.3 is 10.1 Å². The van der Waals surface area contributed by atoms with Crippen molar-refractivity contribution in [2.75, 3.05) is 13.1 Å². The summed E-state index contributed by atoms with van der Waals surface area (Å²) < 4.78 is 19.1. The largest absolute Gasteiger partial charge is 0.486 e. The zero-order chi connectivity index (χ0) is 13.4. The predicted molar refractivity (Wildman–Crippen MR) is 73.6 cm³/mol. The van der Waals surface area contributed by atoms with E-state index >= 15 is 0 Å². The molecule has 2 nitrogen and oxygen atoms in total. The van der Waals surface area contributed by atoms with Crippen molar-refractivity contribution in [2.45, 2.75) is 46.1 Å². The number of unbranched alkanes of at least 4 members (excludes halogenated alkanes) is 2. The first kappa shape index (κ1) is 15.0. The number of benzene rings is 1. The minimum atomic E-state index is -0.293. The molecule has 0 amide bonds. The summed E-state index contributed by atoms with van der Waals surface area (Å²) in [5.41, 5.74) is 1.01. The van der Waals surface area contributed by atoms with Gasteiger partial charge in [-0.3, -0.25) is 0 Å². The Hall–Kier alpha value is -1.09. The van der Waals surface area contributed by atoms with Crippen LogP contribution in [0.15, 0.2) is 18.2 Å². The smallest absolute Gasteiger partial charge is 0.165 e. The molecule has 102 valence electrons. The van der Waals surface area contributed by atoms with Crippen LogP contribution in [0.1, 0.15) is 38.7 Å². The second-order valence-corrected chi connectivity index (χ2v) is 4.77. The first-order chi connectivity index (χ1) is 8.63. The van der Waals surface area contributed by atoms with E-state index in [0.29, 0.717) is 5.75 Å². The molecule has 1 rings (SSSR count). The third-order valence-corrected chi connectivity index (χ3v) is 2.80. The van der Waals surface area contributed by atoms with Crippen LogP contribution in [0.5, 0.6) is 5.75 Å². The van der Waals surface area contributed by atoms with Gasteiger partial charge in [-0.2, -0.15) is 0 Å². The first-order valence-electron chi connectivity index (χ1n) is 6.77. The van der Waals surface area contributed by atoms with Gasteiger partial charge in [0.1, 0.15) is 6.10 Å². The Balaban J connectivity index is 2.30. The van der Waals surface area contributed by atoms with Crippen molar-refractivity contribution in [3.8, 4) is 5.75 Å². The molecule has 1 atom stereocenters. The van der Waals surface area contributed by atoms with Crippen molar-refractivity contribution < 1.29 is 9.13 Å². The Bertz CT molecular complexity index is 354. The van der Waals surface area contributed by atoms with Gasteiger partial charge in [-0.25, -0.2) is 4.39 Å². The van der Waals surface area contributed by atoms with E-state index in [2.05, 4.69) is 12.2 Å². The Morgan fingerprint density at radius 3 is 2.83 bits per heavy atom. The zero-order valence-electron chi connectivity index (χ0n) is 11.6. The van der Waals surface area contributed by atoms with E-state index in [-0.39, 0.29) is 11.9 Å². The van der Waals surface area contributed by atoms with E-state index in [4.69, 9.17) is 4.74 Å². The average molecular weight is 253 g/mol. The van der Waals surface area contributed by atoms with Crippen LogP contribution in [0.2, 0.25) is 0 Å². The fraction of sp³-hybridized carbons (Fsp3) is 0.600. The normalized spacial score (nSPS) is 12.4. The Kier molecular flexibility index (Phi) is 6.73. The molecular formula is C15H24FNO. The number of hydrogen-bond acceptors (Lipinski definition) is 2. The summed E-state index contributed by atoms with van der Waals surface area (Å²) in [6.45, 7) is 7.82. The van der Waals surface area contributed by atoms with Crippen LogP contribution in [0, 0.1) is 12.7 Å². The molecule has 0 saturated carbocycles. The molecule has 1 unspecified atom stereocenters. The van der Waals surface area contributed by atoms with Crippen molar-refractivity contribution in [1.29, 1.82) is 0 Å². The molecule has 18 heavy (non-hydrogen) atoms. The molecule has 0 aliphatic carbocycles. The third kappa shape index (κ3) is 5.50. The molecular weight excluding hydrogens is 229 g/mol. The van der Waals surface area contributed by atoms with Gasteiger partial charge in [0.05, 0.1) is 0 Å². The summed E-state index contributed by atoms with van der Waals surface area (Å²) in [6.07, 6.45) is 3.63. The Morgan fingerprint density at radius 2 is 2.11 bits per heavy atom. The highest BCUT2D eigenvalue weighted by molar-refractivity contribution is 5.29. The number of hydrogen-bond donors (Lipinski definition) is 1. The third-order valence-electron chi connectivity index (χ3n) is 2.80. The minimum Gasteiger partial charge on any atom is -0.486 e. The van der Waals surface area contributed by atoms with Crippen molar-refractivity contribution in [1.82, 2.24) is 5.32 Å². The lowest BCUT2D eigenvalue weighted by atomic mass is 10.2. The van der Waals surface area contributed by atoms with E-state index < -0.39 is 0 Å². The van der Waals surface area contributed by atoms with E-state index in [1.54, 1.807) is 12.1 Å². The fourth-order valence-electron chi connectivity index (χ4n) is 1.76. The lowest BCUT2D eigenvalue weighted by molar-refractivity contribution is 0.207. The molecule has 0 heterocycles. The first-order valence-corrected chi connectivity index (χ1v) is 6.77. The van der Waals surface area contributed by atoms with Gasteiger partial charge in [0.25, 0.3) is 0 Å². The maximum Gasteiger partial charge on any atom is 0.165 e. The summed E-state index contributed by atoms with van der Waals surface area (Å²) in [5.74, 6) is 0.0521. The van der Waals surface area contributed by atoms with Crippen LogP contribution in [-0.2, 0) is 0 Å². The maximum atomic E-state index is 13.5. The highest BCUT2D eigenvalue weighted by Crippen LogP contribution is 2.19. The van der Waals surface area contributed by atoms with Crippen LogP contribution in [0.3, 0.4) is 0 Å². The standard InChI is InChI=1S/C15H24FNO/c1-4-5-6-9-17-11-13(3)18-15-10-12(2)7-8-14(15)16/h7-8,10,13,17H,4-6,9,11H2,1-3H3. The second-order valence-electron chi connectivity index (χ2n) is 4.77. The summed E-state index contributed by atoms with van der Waals surface area (Å²) in [4.78, 5) is 0. The second kappa shape index (κ2) is 8.09. The molecule has 0 bridgehead atoms. The number of aryl methyl sites for hydroxylation is 1. The summed E-state index contributed by atoms with van der Waals surface area (Å²) in [7, 11) is 0. The van der Waals surface area contributed by atoms with Gasteiger partial charge in [0.15, 0.2) is 11.6 Å². The summed E-state index contributed by atoms with van der Waals surface area (Å²) in [5, 5.41) is 3.33. The van der Waals surface area contributed by atoms with E-state index in [0.717, 1.165) is 18.7 Å². The molecule has 0 aromatic heterocycles. The van der Waals surface area contributed by atoms with Gasteiger partial charge in [0.2, 0.25) is 0 Å².